The number of rotatable bonds is 1. The zero-order valence-electron chi connectivity index (χ0n) is 5.41. The Bertz CT molecular complexity index is 188. The molecule has 1 saturated heterocycles. The molecule has 1 fully saturated rings. The van der Waals surface area contributed by atoms with Gasteiger partial charge in [-0.1, -0.05) is 5.10 Å². The molecule has 0 unspecified atom stereocenters. The fourth-order valence-electron chi connectivity index (χ4n) is 0.972. The first-order valence-corrected chi connectivity index (χ1v) is 3.21. The van der Waals surface area contributed by atoms with Crippen LogP contribution < -0.4 is 10.4 Å². The van der Waals surface area contributed by atoms with E-state index in [2.05, 4.69) is 26.0 Å². The van der Waals surface area contributed by atoms with Crippen molar-refractivity contribution in [3.8, 4) is 0 Å². The van der Waals surface area contributed by atoms with E-state index in [9.17, 15) is 0 Å². The molecule has 0 atom stereocenters. The molecule has 1 aliphatic rings. The number of hydrazine groups is 1. The Morgan fingerprint density at radius 1 is 1.50 bits per heavy atom. The van der Waals surface area contributed by atoms with Gasteiger partial charge in [0.05, 0.1) is 0 Å². The SMILES string of the molecule is C1CNN(c2nn[nH]n2)C1. The lowest BCUT2D eigenvalue weighted by Crippen LogP contribution is -2.31. The minimum absolute atomic E-state index is 0.623. The monoisotopic (exact) mass is 140 g/mol. The topological polar surface area (TPSA) is 69.7 Å². The van der Waals surface area contributed by atoms with Crippen LogP contribution in [-0.2, 0) is 0 Å². The quantitative estimate of drug-likeness (QED) is 0.519. The number of anilines is 1. The molecule has 0 radical (unpaired) electrons. The van der Waals surface area contributed by atoms with E-state index in [0.29, 0.717) is 5.95 Å². The summed E-state index contributed by atoms with van der Waals surface area (Å²) in [4.78, 5) is 0. The third-order valence-electron chi connectivity index (χ3n) is 1.44. The smallest absolute Gasteiger partial charge is 0.273 e. The van der Waals surface area contributed by atoms with Gasteiger partial charge in [-0.05, 0) is 11.6 Å². The molecule has 54 valence electrons. The molecule has 6 nitrogen and oxygen atoms in total. The Balaban J connectivity index is 2.12. The van der Waals surface area contributed by atoms with E-state index in [-0.39, 0.29) is 0 Å². The highest BCUT2D eigenvalue weighted by Gasteiger charge is 2.14. The molecular formula is C4H8N6. The van der Waals surface area contributed by atoms with Gasteiger partial charge in [-0.25, -0.2) is 5.43 Å². The van der Waals surface area contributed by atoms with Gasteiger partial charge in [-0.15, -0.1) is 5.10 Å². The van der Waals surface area contributed by atoms with Crippen LogP contribution in [0.4, 0.5) is 5.95 Å². The number of H-pyrrole nitrogens is 1. The van der Waals surface area contributed by atoms with Crippen LogP contribution in [0.5, 0.6) is 0 Å². The molecule has 1 aliphatic heterocycles. The lowest BCUT2D eigenvalue weighted by Gasteiger charge is -2.10. The maximum atomic E-state index is 3.81. The van der Waals surface area contributed by atoms with Crippen LogP contribution in [0.15, 0.2) is 0 Å². The van der Waals surface area contributed by atoms with Crippen molar-refractivity contribution in [2.75, 3.05) is 18.1 Å². The predicted molar refractivity (Wildman–Crippen MR) is 34.1 cm³/mol. The molecule has 0 aromatic carbocycles. The molecule has 0 amide bonds. The molecule has 0 aliphatic carbocycles. The van der Waals surface area contributed by atoms with Crippen LogP contribution in [0.3, 0.4) is 0 Å². The van der Waals surface area contributed by atoms with Crippen molar-refractivity contribution >= 4 is 5.95 Å². The molecule has 1 aromatic rings. The third-order valence-corrected chi connectivity index (χ3v) is 1.44. The minimum atomic E-state index is 0.623. The van der Waals surface area contributed by atoms with E-state index < -0.39 is 0 Å². The highest BCUT2D eigenvalue weighted by molar-refractivity contribution is 5.24. The summed E-state index contributed by atoms with van der Waals surface area (Å²) in [6.07, 6.45) is 1.13. The van der Waals surface area contributed by atoms with E-state index in [0.717, 1.165) is 19.5 Å². The van der Waals surface area contributed by atoms with E-state index >= 15 is 0 Å². The molecule has 2 N–H and O–H groups in total. The molecule has 1 aromatic heterocycles. The first-order valence-electron chi connectivity index (χ1n) is 3.21. The Morgan fingerprint density at radius 3 is 3.10 bits per heavy atom. The van der Waals surface area contributed by atoms with Crippen molar-refractivity contribution in [2.24, 2.45) is 0 Å². The molecular weight excluding hydrogens is 132 g/mol. The molecule has 0 spiro atoms. The van der Waals surface area contributed by atoms with Crippen LogP contribution in [-0.4, -0.2) is 33.7 Å². The summed E-state index contributed by atoms with van der Waals surface area (Å²) in [6.45, 7) is 1.95. The number of nitrogens with zero attached hydrogens (tertiary/aromatic N) is 4. The predicted octanol–water partition coefficient (Wildman–Crippen LogP) is -1.09. The van der Waals surface area contributed by atoms with Gasteiger partial charge < -0.3 is 0 Å². The molecule has 10 heavy (non-hydrogen) atoms. The Kier molecular flexibility index (Phi) is 1.24. The van der Waals surface area contributed by atoms with Gasteiger partial charge >= 0.3 is 0 Å². The highest BCUT2D eigenvalue weighted by atomic mass is 15.6. The summed E-state index contributed by atoms with van der Waals surface area (Å²) in [5.74, 6) is 0.623. The van der Waals surface area contributed by atoms with E-state index in [1.165, 1.54) is 0 Å². The Hall–Kier alpha value is -1.17. The average molecular weight is 140 g/mol. The van der Waals surface area contributed by atoms with Crippen molar-refractivity contribution in [3.63, 3.8) is 0 Å². The van der Waals surface area contributed by atoms with Gasteiger partial charge in [0, 0.05) is 13.1 Å². The van der Waals surface area contributed by atoms with Crippen LogP contribution in [0.1, 0.15) is 6.42 Å². The van der Waals surface area contributed by atoms with Gasteiger partial charge in [0.1, 0.15) is 0 Å². The van der Waals surface area contributed by atoms with Gasteiger partial charge in [-0.3, -0.25) is 5.01 Å². The molecule has 2 heterocycles. The second-order valence-corrected chi connectivity index (χ2v) is 2.13. The second-order valence-electron chi connectivity index (χ2n) is 2.13. The first kappa shape index (κ1) is 5.60. The largest absolute Gasteiger partial charge is 0.279 e. The van der Waals surface area contributed by atoms with E-state index in [4.69, 9.17) is 0 Å². The molecule has 0 bridgehead atoms. The number of aromatic nitrogens is 4. The maximum absolute atomic E-state index is 3.81. The van der Waals surface area contributed by atoms with Gasteiger partial charge in [0.2, 0.25) is 0 Å². The van der Waals surface area contributed by atoms with E-state index in [1.807, 2.05) is 5.01 Å². The average Bonchev–Trinajstić information content (AvgIpc) is 2.59. The van der Waals surface area contributed by atoms with Crippen molar-refractivity contribution in [1.82, 2.24) is 26.0 Å². The van der Waals surface area contributed by atoms with Gasteiger partial charge in [0.25, 0.3) is 5.95 Å². The third kappa shape index (κ3) is 0.820. The van der Waals surface area contributed by atoms with E-state index in [1.54, 1.807) is 0 Å². The van der Waals surface area contributed by atoms with Gasteiger partial charge in [-0.2, -0.15) is 5.21 Å². The Labute approximate surface area is 57.6 Å². The summed E-state index contributed by atoms with van der Waals surface area (Å²) in [5, 5.41) is 15.4. The summed E-state index contributed by atoms with van der Waals surface area (Å²) >= 11 is 0. The second kappa shape index (κ2) is 2.22. The zero-order chi connectivity index (χ0) is 6.81. The lowest BCUT2D eigenvalue weighted by atomic mass is 10.5. The summed E-state index contributed by atoms with van der Waals surface area (Å²) in [7, 11) is 0. The summed E-state index contributed by atoms with van der Waals surface area (Å²) in [5.41, 5.74) is 3.11. The summed E-state index contributed by atoms with van der Waals surface area (Å²) in [6, 6.07) is 0. The maximum Gasteiger partial charge on any atom is 0.279 e. The van der Waals surface area contributed by atoms with Crippen LogP contribution in [0, 0.1) is 0 Å². The van der Waals surface area contributed by atoms with Crippen molar-refractivity contribution in [1.29, 1.82) is 0 Å². The molecule has 0 saturated carbocycles. The van der Waals surface area contributed by atoms with Crippen LogP contribution in [0.2, 0.25) is 0 Å². The first-order chi connectivity index (χ1) is 4.97. The lowest BCUT2D eigenvalue weighted by molar-refractivity contribution is 0.757. The molecule has 2 rings (SSSR count). The molecule has 6 heteroatoms. The van der Waals surface area contributed by atoms with Crippen molar-refractivity contribution < 1.29 is 0 Å². The number of aromatic amines is 1. The van der Waals surface area contributed by atoms with Crippen LogP contribution >= 0.6 is 0 Å². The number of hydrogen-bond acceptors (Lipinski definition) is 5. The number of tetrazole rings is 1. The highest BCUT2D eigenvalue weighted by Crippen LogP contribution is 2.04. The minimum Gasteiger partial charge on any atom is -0.273 e. The fourth-order valence-corrected chi connectivity index (χ4v) is 0.972. The summed E-state index contributed by atoms with van der Waals surface area (Å²) < 4.78 is 0. The standard InChI is InChI=1S/C4H8N6/c1-2-5-10(3-1)4-6-8-9-7-4/h5H,1-3H2,(H,6,7,8,9). The fraction of sp³-hybridized carbons (Fsp3) is 0.750. The van der Waals surface area contributed by atoms with Gasteiger partial charge in [0.15, 0.2) is 0 Å². The number of nitrogens with one attached hydrogen (secondary N) is 2. The van der Waals surface area contributed by atoms with Crippen LogP contribution in [0.25, 0.3) is 0 Å². The van der Waals surface area contributed by atoms with Crippen molar-refractivity contribution in [2.45, 2.75) is 6.42 Å². The normalized spacial score (nSPS) is 18.2. The van der Waals surface area contributed by atoms with Crippen molar-refractivity contribution in [3.05, 3.63) is 0 Å². The Morgan fingerprint density at radius 2 is 2.50 bits per heavy atom. The number of hydrogen-bond donors (Lipinski definition) is 2. The zero-order valence-corrected chi connectivity index (χ0v) is 5.41.